The Hall–Kier alpha value is -3.11. The third-order valence-electron chi connectivity index (χ3n) is 3.97. The summed E-state index contributed by atoms with van der Waals surface area (Å²) >= 11 is 0. The normalized spacial score (nSPS) is 11.4. The second-order valence-electron chi connectivity index (χ2n) is 6.17. The molecule has 2 N–H and O–H groups in total. The molecule has 3 rings (SSSR count). The highest BCUT2D eigenvalue weighted by Gasteiger charge is 2.15. The van der Waals surface area contributed by atoms with Gasteiger partial charge in [-0.25, -0.2) is 22.8 Å². The van der Waals surface area contributed by atoms with Crippen molar-refractivity contribution >= 4 is 15.9 Å². The summed E-state index contributed by atoms with van der Waals surface area (Å²) in [5.74, 6) is 0.355. The first-order chi connectivity index (χ1) is 13.3. The van der Waals surface area contributed by atoms with E-state index in [0.717, 1.165) is 11.8 Å². The molecular formula is C18H20N6O3S. The standard InChI is InChI=1S/C18H20N6O3S/c1-13-16(12-22-24(13)17-5-3-4-7-20-17)18(25)21-11-15-9-14(6-8-19-15)10-23-28(2,26)27/h3-9,12,23H,10-11H2,1-2H3,(H,21,25). The predicted octanol–water partition coefficient (Wildman–Crippen LogP) is 0.950. The number of rotatable bonds is 7. The van der Waals surface area contributed by atoms with Crippen LogP contribution in [0.15, 0.2) is 48.9 Å². The molecule has 0 aliphatic heterocycles. The predicted molar refractivity (Wildman–Crippen MR) is 103 cm³/mol. The van der Waals surface area contributed by atoms with Crippen molar-refractivity contribution in [3.8, 4) is 5.82 Å². The fraction of sp³-hybridized carbons (Fsp3) is 0.222. The van der Waals surface area contributed by atoms with Crippen molar-refractivity contribution in [2.24, 2.45) is 0 Å². The molecule has 10 heteroatoms. The van der Waals surface area contributed by atoms with E-state index in [2.05, 4.69) is 25.1 Å². The van der Waals surface area contributed by atoms with E-state index in [9.17, 15) is 13.2 Å². The van der Waals surface area contributed by atoms with Crippen LogP contribution in [0.1, 0.15) is 27.3 Å². The first-order valence-electron chi connectivity index (χ1n) is 8.46. The lowest BCUT2D eigenvalue weighted by Crippen LogP contribution is -2.24. The van der Waals surface area contributed by atoms with Gasteiger partial charge in [-0.2, -0.15) is 5.10 Å². The Morgan fingerprint density at radius 3 is 2.68 bits per heavy atom. The number of aromatic nitrogens is 4. The Morgan fingerprint density at radius 1 is 1.14 bits per heavy atom. The van der Waals surface area contributed by atoms with E-state index in [-0.39, 0.29) is 19.0 Å². The second-order valence-corrected chi connectivity index (χ2v) is 8.01. The third-order valence-corrected chi connectivity index (χ3v) is 4.64. The highest BCUT2D eigenvalue weighted by Crippen LogP contribution is 2.12. The summed E-state index contributed by atoms with van der Waals surface area (Å²) in [5, 5.41) is 7.04. The van der Waals surface area contributed by atoms with Crippen molar-refractivity contribution in [3.63, 3.8) is 0 Å². The Balaban J connectivity index is 1.66. The maximum atomic E-state index is 12.5. The van der Waals surface area contributed by atoms with E-state index in [4.69, 9.17) is 0 Å². The van der Waals surface area contributed by atoms with Gasteiger partial charge >= 0.3 is 0 Å². The number of amides is 1. The molecule has 0 aliphatic carbocycles. The molecule has 0 saturated heterocycles. The van der Waals surface area contributed by atoms with Crippen LogP contribution in [0.2, 0.25) is 0 Å². The summed E-state index contributed by atoms with van der Waals surface area (Å²) in [6.07, 6.45) is 5.83. The first kappa shape index (κ1) is 19.6. The van der Waals surface area contributed by atoms with E-state index in [1.54, 1.807) is 36.1 Å². The lowest BCUT2D eigenvalue weighted by atomic mass is 10.2. The fourth-order valence-electron chi connectivity index (χ4n) is 2.56. The molecule has 3 aromatic rings. The van der Waals surface area contributed by atoms with Crippen LogP contribution >= 0.6 is 0 Å². The number of carbonyl (C=O) groups excluding carboxylic acids is 1. The summed E-state index contributed by atoms with van der Waals surface area (Å²) in [6, 6.07) is 8.91. The maximum Gasteiger partial charge on any atom is 0.255 e. The Morgan fingerprint density at radius 2 is 1.96 bits per heavy atom. The Bertz CT molecular complexity index is 1080. The molecule has 0 fully saturated rings. The average molecular weight is 400 g/mol. The number of nitrogens with zero attached hydrogens (tertiary/aromatic N) is 4. The van der Waals surface area contributed by atoms with Crippen molar-refractivity contribution in [1.29, 1.82) is 0 Å². The zero-order valence-electron chi connectivity index (χ0n) is 15.5. The van der Waals surface area contributed by atoms with Crippen molar-refractivity contribution in [2.75, 3.05) is 6.26 Å². The molecule has 0 aliphatic rings. The molecule has 1 amide bonds. The third kappa shape index (κ3) is 4.99. The van der Waals surface area contributed by atoms with Gasteiger partial charge in [0.2, 0.25) is 10.0 Å². The average Bonchev–Trinajstić information content (AvgIpc) is 3.06. The van der Waals surface area contributed by atoms with Gasteiger partial charge in [0.15, 0.2) is 5.82 Å². The van der Waals surface area contributed by atoms with Crippen LogP contribution in [0, 0.1) is 6.92 Å². The summed E-state index contributed by atoms with van der Waals surface area (Å²) in [5.41, 5.74) is 2.50. The van der Waals surface area contributed by atoms with Crippen LogP contribution in [0.3, 0.4) is 0 Å². The number of hydrogen-bond donors (Lipinski definition) is 2. The van der Waals surface area contributed by atoms with Crippen molar-refractivity contribution in [2.45, 2.75) is 20.0 Å². The molecule has 0 radical (unpaired) electrons. The lowest BCUT2D eigenvalue weighted by Gasteiger charge is -2.07. The number of carbonyl (C=O) groups is 1. The number of nitrogens with one attached hydrogen (secondary N) is 2. The summed E-state index contributed by atoms with van der Waals surface area (Å²) in [7, 11) is -3.28. The number of hydrogen-bond acceptors (Lipinski definition) is 6. The van der Waals surface area contributed by atoms with Gasteiger partial charge in [-0.05, 0) is 36.8 Å². The molecule has 9 nitrogen and oxygen atoms in total. The molecular weight excluding hydrogens is 380 g/mol. The Kier molecular flexibility index (Phi) is 5.81. The van der Waals surface area contributed by atoms with Crippen LogP contribution in [0.5, 0.6) is 0 Å². The largest absolute Gasteiger partial charge is 0.346 e. The molecule has 3 aromatic heterocycles. The first-order valence-corrected chi connectivity index (χ1v) is 10.4. The second kappa shape index (κ2) is 8.28. The van der Waals surface area contributed by atoms with Crippen molar-refractivity contribution in [3.05, 3.63) is 71.4 Å². The lowest BCUT2D eigenvalue weighted by molar-refractivity contribution is 0.0949. The maximum absolute atomic E-state index is 12.5. The van der Waals surface area contributed by atoms with E-state index >= 15 is 0 Å². The van der Waals surface area contributed by atoms with E-state index in [1.165, 1.54) is 6.20 Å². The molecule has 0 atom stereocenters. The van der Waals surface area contributed by atoms with Crippen LogP contribution in [0.4, 0.5) is 0 Å². The highest BCUT2D eigenvalue weighted by molar-refractivity contribution is 7.88. The van der Waals surface area contributed by atoms with Gasteiger partial charge in [0.25, 0.3) is 5.91 Å². The summed E-state index contributed by atoms with van der Waals surface area (Å²) in [4.78, 5) is 21.0. The van der Waals surface area contributed by atoms with E-state index in [1.807, 2.05) is 18.2 Å². The highest BCUT2D eigenvalue weighted by atomic mass is 32.2. The van der Waals surface area contributed by atoms with Gasteiger partial charge in [0.05, 0.1) is 35.9 Å². The molecule has 0 saturated carbocycles. The molecule has 146 valence electrons. The van der Waals surface area contributed by atoms with E-state index in [0.29, 0.717) is 22.8 Å². The minimum Gasteiger partial charge on any atom is -0.346 e. The molecule has 28 heavy (non-hydrogen) atoms. The monoisotopic (exact) mass is 400 g/mol. The van der Waals surface area contributed by atoms with Crippen molar-refractivity contribution < 1.29 is 13.2 Å². The summed E-state index contributed by atoms with van der Waals surface area (Å²) in [6.45, 7) is 2.17. The smallest absolute Gasteiger partial charge is 0.255 e. The van der Waals surface area contributed by atoms with E-state index < -0.39 is 10.0 Å². The molecule has 0 spiro atoms. The van der Waals surface area contributed by atoms with Gasteiger partial charge in [0, 0.05) is 18.9 Å². The number of pyridine rings is 2. The molecule has 3 heterocycles. The molecule has 0 bridgehead atoms. The van der Waals surface area contributed by atoms with Gasteiger partial charge in [-0.15, -0.1) is 0 Å². The quantitative estimate of drug-likeness (QED) is 0.609. The molecule has 0 aromatic carbocycles. The van der Waals surface area contributed by atoms with Gasteiger partial charge in [0.1, 0.15) is 0 Å². The van der Waals surface area contributed by atoms with Crippen molar-refractivity contribution in [1.82, 2.24) is 29.8 Å². The zero-order valence-corrected chi connectivity index (χ0v) is 16.3. The van der Waals surface area contributed by atoms with Crippen LogP contribution in [0.25, 0.3) is 5.82 Å². The summed E-state index contributed by atoms with van der Waals surface area (Å²) < 4.78 is 26.4. The SMILES string of the molecule is Cc1c(C(=O)NCc2cc(CNS(C)(=O)=O)ccn2)cnn1-c1ccccn1. The van der Waals surface area contributed by atoms with Crippen LogP contribution in [-0.2, 0) is 23.1 Å². The topological polar surface area (TPSA) is 119 Å². The van der Waals surface area contributed by atoms with Gasteiger partial charge in [-0.1, -0.05) is 6.07 Å². The zero-order chi connectivity index (χ0) is 20.1. The number of sulfonamides is 1. The minimum atomic E-state index is -3.28. The van der Waals surface area contributed by atoms with Gasteiger partial charge < -0.3 is 5.32 Å². The Labute approximate surface area is 162 Å². The fourth-order valence-corrected chi connectivity index (χ4v) is 2.99. The van der Waals surface area contributed by atoms with Crippen LogP contribution in [-0.4, -0.2) is 40.3 Å². The van der Waals surface area contributed by atoms with Gasteiger partial charge in [-0.3, -0.25) is 9.78 Å². The van der Waals surface area contributed by atoms with Crippen LogP contribution < -0.4 is 10.0 Å². The molecule has 0 unspecified atom stereocenters. The minimum absolute atomic E-state index is 0.165.